The van der Waals surface area contributed by atoms with E-state index in [2.05, 4.69) is 13.8 Å². The Morgan fingerprint density at radius 3 is 2.22 bits per heavy atom. The highest BCUT2D eigenvalue weighted by molar-refractivity contribution is 6.35. The Morgan fingerprint density at radius 2 is 1.61 bits per heavy atom. The molecule has 1 N–H and O–H groups in total. The van der Waals surface area contributed by atoms with Crippen molar-refractivity contribution in [3.63, 3.8) is 0 Å². The molecule has 216 valence electrons. The summed E-state index contributed by atoms with van der Waals surface area (Å²) < 4.78 is 16.5. The third-order valence-electron chi connectivity index (χ3n) is 6.74. The predicted molar refractivity (Wildman–Crippen MR) is 156 cm³/mol. The number of benzene rings is 3. The van der Waals surface area contributed by atoms with Crippen LogP contribution >= 0.6 is 11.6 Å². The van der Waals surface area contributed by atoms with E-state index < -0.39 is 18.2 Å². The fraction of sp³-hybridized carbons (Fsp3) is 0.355. The van der Waals surface area contributed by atoms with Crippen molar-refractivity contribution in [3.8, 4) is 17.2 Å². The molecule has 41 heavy (non-hydrogen) atoms. The summed E-state index contributed by atoms with van der Waals surface area (Å²) in [7, 11) is 3.01. The molecule has 0 aliphatic carbocycles. The molecule has 4 rings (SSSR count). The van der Waals surface area contributed by atoms with E-state index in [9.17, 15) is 14.7 Å². The zero-order valence-corrected chi connectivity index (χ0v) is 24.4. The number of hydrogen-bond acceptors (Lipinski definition) is 7. The Morgan fingerprint density at radius 1 is 0.951 bits per heavy atom. The summed E-state index contributed by atoms with van der Waals surface area (Å²) in [6.45, 7) is 3.71. The molecule has 0 bridgehead atoms. The average Bonchev–Trinajstić information content (AvgIpc) is 3.32. The van der Waals surface area contributed by atoms with Gasteiger partial charge in [-0.1, -0.05) is 55.8 Å². The van der Waals surface area contributed by atoms with Crippen LogP contribution in [0.15, 0.2) is 70.6 Å². The predicted octanol–water partition coefficient (Wildman–Crippen LogP) is 4.48. The van der Waals surface area contributed by atoms with Gasteiger partial charge in [-0.05, 0) is 48.2 Å². The summed E-state index contributed by atoms with van der Waals surface area (Å²) in [5.74, 6) is 0.277. The molecule has 1 heterocycles. The monoisotopic (exact) mass is 579 g/mol. The van der Waals surface area contributed by atoms with E-state index in [0.717, 1.165) is 0 Å². The number of ether oxygens (including phenoxy) is 3. The molecular weight excluding hydrogens is 546 g/mol. The van der Waals surface area contributed by atoms with Gasteiger partial charge in [0.2, 0.25) is 5.91 Å². The van der Waals surface area contributed by atoms with E-state index in [0.29, 0.717) is 58.0 Å². The van der Waals surface area contributed by atoms with Crippen LogP contribution in [-0.4, -0.2) is 50.0 Å². The van der Waals surface area contributed by atoms with Crippen molar-refractivity contribution in [2.45, 2.75) is 38.8 Å². The number of rotatable bonds is 13. The van der Waals surface area contributed by atoms with Crippen molar-refractivity contribution < 1.29 is 28.9 Å². The van der Waals surface area contributed by atoms with E-state index in [1.165, 1.54) is 14.2 Å². The molecule has 3 aromatic rings. The number of nitrogens with zero attached hydrogens (tertiary/aromatic N) is 3. The Balaban J connectivity index is 1.83. The van der Waals surface area contributed by atoms with Crippen LogP contribution in [0, 0.1) is 5.92 Å². The number of halogens is 1. The normalized spacial score (nSPS) is 13.1. The van der Waals surface area contributed by atoms with Gasteiger partial charge in [-0.25, -0.2) is 4.79 Å². The van der Waals surface area contributed by atoms with Crippen LogP contribution in [0.25, 0.3) is 0 Å². The molecule has 0 saturated carbocycles. The number of carboxylic acid groups (broad SMARTS) is 1. The fourth-order valence-electron chi connectivity index (χ4n) is 4.76. The lowest BCUT2D eigenvalue weighted by Gasteiger charge is -2.33. The number of aliphatic carboxylic acids is 1. The zero-order chi connectivity index (χ0) is 29.6. The second-order valence-electron chi connectivity index (χ2n) is 10.2. The molecule has 9 nitrogen and oxygen atoms in total. The smallest absolute Gasteiger partial charge is 0.341 e. The van der Waals surface area contributed by atoms with Gasteiger partial charge in [-0.15, -0.1) is 0 Å². The number of para-hydroxylation sites is 3. The second kappa shape index (κ2) is 13.0. The Labute approximate surface area is 244 Å². The fourth-order valence-corrected chi connectivity index (χ4v) is 5.10. The topological polar surface area (TPSA) is 110 Å². The van der Waals surface area contributed by atoms with Gasteiger partial charge in [0.05, 0.1) is 37.2 Å². The molecule has 0 radical (unpaired) electrons. The molecule has 0 aromatic heterocycles. The summed E-state index contributed by atoms with van der Waals surface area (Å²) in [5, 5.41) is 10.8. The third kappa shape index (κ3) is 6.97. The summed E-state index contributed by atoms with van der Waals surface area (Å²) in [5.41, 5.74) is 0.0207. The molecule has 0 unspecified atom stereocenters. The summed E-state index contributed by atoms with van der Waals surface area (Å²) in [6.07, 6.45) is 1.23. The van der Waals surface area contributed by atoms with Gasteiger partial charge in [0.1, 0.15) is 10.8 Å². The van der Waals surface area contributed by atoms with Gasteiger partial charge < -0.3 is 24.2 Å². The number of methoxy groups -OCH3 is 2. The van der Waals surface area contributed by atoms with E-state index in [1.807, 2.05) is 36.4 Å². The highest BCUT2D eigenvalue weighted by atomic mass is 35.5. The quantitative estimate of drug-likeness (QED) is 0.320. The summed E-state index contributed by atoms with van der Waals surface area (Å²) in [4.78, 5) is 36.8. The standard InChI is InChI=1S/C31H34ClN3O6/c1-20(2)13-16-27(36)35(24-14-15-26(39-3)30(40-4)29(24)32)19-31(33-22-10-6-7-11-23(22)34-31)17-21-9-5-8-12-25(21)41-18-28(37)38/h5-12,14-15,20H,13,16-19H2,1-4H3,(H,37,38). The van der Waals surface area contributed by atoms with Crippen LogP contribution in [-0.2, 0) is 16.0 Å². The zero-order valence-electron chi connectivity index (χ0n) is 23.6. The van der Waals surface area contributed by atoms with Gasteiger partial charge in [0.25, 0.3) is 0 Å². The van der Waals surface area contributed by atoms with Gasteiger partial charge in [0.15, 0.2) is 23.8 Å². The molecule has 1 aliphatic heterocycles. The number of hydrogen-bond donors (Lipinski definition) is 1. The Kier molecular flexibility index (Phi) is 9.50. The van der Waals surface area contributed by atoms with E-state index in [1.54, 1.807) is 29.2 Å². The third-order valence-corrected chi connectivity index (χ3v) is 7.10. The molecular formula is C31H34ClN3O6. The summed E-state index contributed by atoms with van der Waals surface area (Å²) >= 11 is 6.83. The number of carboxylic acids is 1. The van der Waals surface area contributed by atoms with Crippen LogP contribution in [0.3, 0.4) is 0 Å². The second-order valence-corrected chi connectivity index (χ2v) is 10.6. The molecule has 0 saturated heterocycles. The highest BCUT2D eigenvalue weighted by Gasteiger charge is 2.38. The minimum Gasteiger partial charge on any atom is -0.493 e. The van der Waals surface area contributed by atoms with Crippen molar-refractivity contribution in [3.05, 3.63) is 82.0 Å². The molecule has 10 heteroatoms. The number of amides is 1. The maximum absolute atomic E-state index is 13.9. The molecule has 3 aromatic carbocycles. The largest absolute Gasteiger partial charge is 0.493 e. The number of anilines is 1. The molecule has 1 amide bonds. The van der Waals surface area contributed by atoms with Crippen LogP contribution in [0.5, 0.6) is 17.2 Å². The van der Waals surface area contributed by atoms with Crippen LogP contribution in [0.4, 0.5) is 5.69 Å². The number of carbonyl (C=O) groups is 2. The van der Waals surface area contributed by atoms with Crippen LogP contribution < -0.4 is 29.8 Å². The van der Waals surface area contributed by atoms with Crippen molar-refractivity contribution in [2.24, 2.45) is 15.9 Å². The first-order valence-electron chi connectivity index (χ1n) is 13.3. The summed E-state index contributed by atoms with van der Waals surface area (Å²) in [6, 6.07) is 18.1. The van der Waals surface area contributed by atoms with Crippen molar-refractivity contribution in [1.29, 1.82) is 0 Å². The average molecular weight is 580 g/mol. The van der Waals surface area contributed by atoms with Gasteiger partial charge in [-0.3, -0.25) is 14.8 Å². The van der Waals surface area contributed by atoms with Crippen LogP contribution in [0.1, 0.15) is 32.3 Å². The van der Waals surface area contributed by atoms with E-state index in [-0.39, 0.29) is 23.9 Å². The minimum atomic E-state index is -1.14. The van der Waals surface area contributed by atoms with Crippen molar-refractivity contribution in [2.75, 3.05) is 32.3 Å². The Bertz CT molecular complexity index is 1510. The lowest BCUT2D eigenvalue weighted by atomic mass is 9.98. The maximum Gasteiger partial charge on any atom is 0.341 e. The minimum absolute atomic E-state index is 0.0705. The highest BCUT2D eigenvalue weighted by Crippen LogP contribution is 2.43. The maximum atomic E-state index is 13.9. The molecule has 1 aliphatic rings. The SMILES string of the molecule is COc1ccc(N(CC2(Cc3ccccc3OCC(=O)O)N=c3ccccc3=N2)C(=O)CCC(C)C)c(Cl)c1OC. The van der Waals surface area contributed by atoms with E-state index >= 15 is 0 Å². The molecule has 0 atom stereocenters. The van der Waals surface area contributed by atoms with E-state index in [4.69, 9.17) is 35.8 Å². The first-order valence-corrected chi connectivity index (χ1v) is 13.7. The first kappa shape index (κ1) is 29.9. The Hall–Kier alpha value is -4.11. The first-order chi connectivity index (χ1) is 19.7. The van der Waals surface area contributed by atoms with Gasteiger partial charge in [-0.2, -0.15) is 0 Å². The van der Waals surface area contributed by atoms with Crippen molar-refractivity contribution in [1.82, 2.24) is 0 Å². The van der Waals surface area contributed by atoms with Crippen LogP contribution in [0.2, 0.25) is 5.02 Å². The molecule has 0 spiro atoms. The molecule has 0 fully saturated rings. The van der Waals surface area contributed by atoms with Gasteiger partial charge in [0, 0.05) is 12.8 Å². The lowest BCUT2D eigenvalue weighted by Crippen LogP contribution is -2.45. The lowest BCUT2D eigenvalue weighted by molar-refractivity contribution is -0.139. The van der Waals surface area contributed by atoms with Crippen molar-refractivity contribution >= 4 is 29.2 Å². The van der Waals surface area contributed by atoms with Gasteiger partial charge >= 0.3 is 5.97 Å². The number of fused-ring (bicyclic) bond motifs is 1. The number of carbonyl (C=O) groups excluding carboxylic acids is 1.